The Labute approximate surface area is 117 Å². The first-order valence-electron chi connectivity index (χ1n) is 4.41. The van der Waals surface area contributed by atoms with Gasteiger partial charge in [0, 0.05) is 13.7 Å². The number of sulfonamides is 1. The second-order valence-electron chi connectivity index (χ2n) is 3.00. The van der Waals surface area contributed by atoms with Crippen LogP contribution in [0.1, 0.15) is 13.3 Å². The molecule has 0 fully saturated rings. The van der Waals surface area contributed by atoms with Gasteiger partial charge in [-0.15, -0.1) is 0 Å². The Kier molecular flexibility index (Phi) is 5.26. The van der Waals surface area contributed by atoms with E-state index in [0.29, 0.717) is 11.4 Å². The molecule has 1 aromatic rings. The van der Waals surface area contributed by atoms with Crippen LogP contribution in [0.4, 0.5) is 0 Å². The Hall–Kier alpha value is 0.590. The lowest BCUT2D eigenvalue weighted by Gasteiger charge is -2.06. The van der Waals surface area contributed by atoms with Crippen LogP contribution in [0.15, 0.2) is 23.1 Å². The average Bonchev–Trinajstić information content (AvgIpc) is 2.13. The van der Waals surface area contributed by atoms with Crippen LogP contribution in [-0.4, -0.2) is 15.0 Å². The van der Waals surface area contributed by atoms with E-state index in [0.717, 1.165) is 13.6 Å². The molecule has 1 aromatic carbocycles. The van der Waals surface area contributed by atoms with Gasteiger partial charge in [0.15, 0.2) is 0 Å². The Bertz CT molecular complexity index is 425. The maximum Gasteiger partial charge on any atom is 0.240 e. The van der Waals surface area contributed by atoms with Crippen molar-refractivity contribution in [2.75, 3.05) is 6.54 Å². The summed E-state index contributed by atoms with van der Waals surface area (Å²) in [6.45, 7) is 2.41. The molecule has 0 aromatic heterocycles. The van der Waals surface area contributed by atoms with Gasteiger partial charge in [-0.1, -0.05) is 6.92 Å². The highest BCUT2D eigenvalue weighted by atomic mass is 127. The molecule has 0 heterocycles. The van der Waals surface area contributed by atoms with Crippen LogP contribution in [0.5, 0.6) is 0 Å². The van der Waals surface area contributed by atoms with E-state index in [-0.39, 0.29) is 0 Å². The molecule has 0 saturated carbocycles. The smallest absolute Gasteiger partial charge is 0.211 e. The van der Waals surface area contributed by atoms with Crippen molar-refractivity contribution in [1.29, 1.82) is 0 Å². The zero-order chi connectivity index (χ0) is 11.5. The predicted octanol–water partition coefficient (Wildman–Crippen LogP) is 2.58. The first-order chi connectivity index (χ1) is 6.95. The third kappa shape index (κ3) is 4.16. The monoisotopic (exact) mass is 451 g/mol. The topological polar surface area (TPSA) is 46.2 Å². The van der Waals surface area contributed by atoms with Crippen LogP contribution in [0.2, 0.25) is 0 Å². The van der Waals surface area contributed by atoms with E-state index in [1.54, 1.807) is 12.1 Å². The fourth-order valence-corrected chi connectivity index (χ4v) is 4.57. The SMILES string of the molecule is CCCNS(=O)(=O)c1cc(I)cc(I)c1. The van der Waals surface area contributed by atoms with Crippen molar-refractivity contribution in [3.8, 4) is 0 Å². The van der Waals surface area contributed by atoms with Gasteiger partial charge in [-0.2, -0.15) is 0 Å². The summed E-state index contributed by atoms with van der Waals surface area (Å²) in [5, 5.41) is 0. The molecule has 0 aliphatic carbocycles. The van der Waals surface area contributed by atoms with Crippen LogP contribution >= 0.6 is 45.2 Å². The van der Waals surface area contributed by atoms with Crippen molar-refractivity contribution in [2.24, 2.45) is 0 Å². The molecule has 1 rings (SSSR count). The number of benzene rings is 1. The summed E-state index contributed by atoms with van der Waals surface area (Å²) in [6.07, 6.45) is 0.792. The summed E-state index contributed by atoms with van der Waals surface area (Å²) in [6, 6.07) is 5.27. The van der Waals surface area contributed by atoms with Gasteiger partial charge < -0.3 is 0 Å². The Morgan fingerprint density at radius 1 is 1.20 bits per heavy atom. The van der Waals surface area contributed by atoms with Gasteiger partial charge in [0.25, 0.3) is 0 Å². The van der Waals surface area contributed by atoms with Gasteiger partial charge in [0.1, 0.15) is 0 Å². The molecule has 0 spiro atoms. The molecule has 1 N–H and O–H groups in total. The highest BCUT2D eigenvalue weighted by Crippen LogP contribution is 2.18. The van der Waals surface area contributed by atoms with E-state index < -0.39 is 10.0 Å². The molecular formula is C9H11I2NO2S. The Morgan fingerprint density at radius 3 is 2.20 bits per heavy atom. The third-order valence-corrected chi connectivity index (χ3v) is 4.37. The number of nitrogens with one attached hydrogen (secondary N) is 1. The fourth-order valence-electron chi connectivity index (χ4n) is 1.00. The van der Waals surface area contributed by atoms with Crippen molar-refractivity contribution in [3.63, 3.8) is 0 Å². The lowest BCUT2D eigenvalue weighted by Crippen LogP contribution is -2.24. The number of hydrogen-bond donors (Lipinski definition) is 1. The number of halogens is 2. The van der Waals surface area contributed by atoms with Crippen LogP contribution in [0, 0.1) is 7.14 Å². The Balaban J connectivity index is 3.04. The van der Waals surface area contributed by atoms with Gasteiger partial charge in [-0.25, -0.2) is 13.1 Å². The minimum atomic E-state index is -3.33. The minimum absolute atomic E-state index is 0.340. The van der Waals surface area contributed by atoms with E-state index in [9.17, 15) is 8.42 Å². The molecule has 0 aliphatic rings. The molecule has 0 atom stereocenters. The van der Waals surface area contributed by atoms with Crippen molar-refractivity contribution < 1.29 is 8.42 Å². The summed E-state index contributed by atoms with van der Waals surface area (Å²) >= 11 is 4.22. The third-order valence-electron chi connectivity index (χ3n) is 1.69. The summed E-state index contributed by atoms with van der Waals surface area (Å²) in [5.41, 5.74) is 0. The van der Waals surface area contributed by atoms with Gasteiger partial charge in [0.2, 0.25) is 10.0 Å². The normalized spacial score (nSPS) is 11.7. The zero-order valence-corrected chi connectivity index (χ0v) is 13.3. The minimum Gasteiger partial charge on any atom is -0.211 e. The van der Waals surface area contributed by atoms with E-state index in [1.807, 2.05) is 13.0 Å². The van der Waals surface area contributed by atoms with E-state index in [4.69, 9.17) is 0 Å². The number of rotatable bonds is 4. The van der Waals surface area contributed by atoms with Crippen molar-refractivity contribution in [2.45, 2.75) is 18.2 Å². The van der Waals surface area contributed by atoms with Gasteiger partial charge in [-0.05, 0) is 69.8 Å². The van der Waals surface area contributed by atoms with Crippen molar-refractivity contribution in [1.82, 2.24) is 4.72 Å². The second-order valence-corrected chi connectivity index (χ2v) is 7.26. The molecule has 0 amide bonds. The molecule has 0 bridgehead atoms. The summed E-state index contributed by atoms with van der Waals surface area (Å²) in [7, 11) is -3.33. The lowest BCUT2D eigenvalue weighted by atomic mass is 10.4. The van der Waals surface area contributed by atoms with Gasteiger partial charge in [0.05, 0.1) is 4.90 Å². The quantitative estimate of drug-likeness (QED) is 0.716. The zero-order valence-electron chi connectivity index (χ0n) is 8.13. The molecular weight excluding hydrogens is 440 g/mol. The van der Waals surface area contributed by atoms with Gasteiger partial charge in [-0.3, -0.25) is 0 Å². The second kappa shape index (κ2) is 5.78. The largest absolute Gasteiger partial charge is 0.240 e. The summed E-state index contributed by atoms with van der Waals surface area (Å²) in [4.78, 5) is 0.340. The first kappa shape index (κ1) is 13.7. The highest BCUT2D eigenvalue weighted by Gasteiger charge is 2.13. The maximum atomic E-state index is 11.8. The maximum absolute atomic E-state index is 11.8. The summed E-state index contributed by atoms with van der Waals surface area (Å²) in [5.74, 6) is 0. The molecule has 15 heavy (non-hydrogen) atoms. The van der Waals surface area contributed by atoms with Crippen LogP contribution in [0.25, 0.3) is 0 Å². The highest BCUT2D eigenvalue weighted by molar-refractivity contribution is 14.1. The van der Waals surface area contributed by atoms with Crippen LogP contribution in [-0.2, 0) is 10.0 Å². The summed E-state index contributed by atoms with van der Waals surface area (Å²) < 4.78 is 28.0. The van der Waals surface area contributed by atoms with Gasteiger partial charge >= 0.3 is 0 Å². The first-order valence-corrected chi connectivity index (χ1v) is 8.05. The molecule has 6 heteroatoms. The predicted molar refractivity (Wildman–Crippen MR) is 77.4 cm³/mol. The standard InChI is InChI=1S/C9H11I2NO2S/c1-2-3-12-15(13,14)9-5-7(10)4-8(11)6-9/h4-6,12H,2-3H2,1H3. The van der Waals surface area contributed by atoms with E-state index >= 15 is 0 Å². The molecule has 0 unspecified atom stereocenters. The fraction of sp³-hybridized carbons (Fsp3) is 0.333. The van der Waals surface area contributed by atoms with E-state index in [1.165, 1.54) is 0 Å². The van der Waals surface area contributed by atoms with Crippen LogP contribution < -0.4 is 4.72 Å². The molecule has 0 aliphatic heterocycles. The molecule has 0 saturated heterocycles. The van der Waals surface area contributed by atoms with Crippen molar-refractivity contribution in [3.05, 3.63) is 25.3 Å². The molecule has 3 nitrogen and oxygen atoms in total. The molecule has 0 radical (unpaired) electrons. The van der Waals surface area contributed by atoms with E-state index in [2.05, 4.69) is 49.9 Å². The number of hydrogen-bond acceptors (Lipinski definition) is 2. The lowest BCUT2D eigenvalue weighted by molar-refractivity contribution is 0.580. The van der Waals surface area contributed by atoms with Crippen LogP contribution in [0.3, 0.4) is 0 Å². The van der Waals surface area contributed by atoms with Crippen molar-refractivity contribution >= 4 is 55.2 Å². The average molecular weight is 451 g/mol. The Morgan fingerprint density at radius 2 is 1.73 bits per heavy atom. The molecule has 84 valence electrons.